The molecular weight excluding hydrogens is 417 g/mol. The maximum atomic E-state index is 11.6. The predicted octanol–water partition coefficient (Wildman–Crippen LogP) is 2.96. The third kappa shape index (κ3) is 9.09. The van der Waals surface area contributed by atoms with E-state index in [2.05, 4.69) is 15.6 Å². The van der Waals surface area contributed by atoms with Gasteiger partial charge in [-0.3, -0.25) is 9.79 Å². The second kappa shape index (κ2) is 9.89. The van der Waals surface area contributed by atoms with Crippen molar-refractivity contribution in [1.29, 1.82) is 0 Å². The summed E-state index contributed by atoms with van der Waals surface area (Å²) in [7, 11) is 1.64. The minimum atomic E-state index is -0.490. The number of ether oxygens (including phenoxy) is 1. The second-order valence-electron chi connectivity index (χ2n) is 5.50. The van der Waals surface area contributed by atoms with E-state index in [-0.39, 0.29) is 36.5 Å². The lowest BCUT2D eigenvalue weighted by Gasteiger charge is -2.20. The zero-order valence-corrected chi connectivity index (χ0v) is 16.4. The first-order valence-corrected chi connectivity index (χ1v) is 7.09. The molecule has 5 nitrogen and oxygen atoms in total. The normalized spacial score (nSPS) is 11.4. The summed E-state index contributed by atoms with van der Waals surface area (Å²) < 4.78 is 5.21. The molecule has 0 aliphatic heterocycles. The van der Waals surface area contributed by atoms with Crippen LogP contribution in [-0.4, -0.2) is 31.1 Å². The quantitative estimate of drug-likeness (QED) is 0.328. The van der Waals surface area contributed by atoms with E-state index >= 15 is 0 Å². The number of hydrogen-bond acceptors (Lipinski definition) is 3. The molecule has 0 radical (unpaired) electrons. The van der Waals surface area contributed by atoms with Gasteiger partial charge in [0.25, 0.3) is 0 Å². The van der Waals surface area contributed by atoms with E-state index in [1.54, 1.807) is 7.05 Å². The molecule has 0 spiro atoms. The average molecular weight is 440 g/mol. The molecule has 124 valence electrons. The van der Waals surface area contributed by atoms with E-state index in [4.69, 9.17) is 16.3 Å². The topological polar surface area (TPSA) is 62.7 Å². The first-order chi connectivity index (χ1) is 9.80. The number of nitrogens with zero attached hydrogens (tertiary/aromatic N) is 1. The van der Waals surface area contributed by atoms with Crippen molar-refractivity contribution in [2.24, 2.45) is 4.99 Å². The molecule has 1 aromatic rings. The molecule has 0 unspecified atom stereocenters. The van der Waals surface area contributed by atoms with Crippen LogP contribution >= 0.6 is 35.6 Å². The lowest BCUT2D eigenvalue weighted by Crippen LogP contribution is -2.41. The van der Waals surface area contributed by atoms with Crippen molar-refractivity contribution >= 4 is 47.5 Å². The first kappa shape index (κ1) is 21.0. The Morgan fingerprint density at radius 1 is 1.32 bits per heavy atom. The summed E-state index contributed by atoms with van der Waals surface area (Å²) in [5.41, 5.74) is 0.541. The number of aliphatic imine (C=N–C) groups is 1. The molecule has 2 N–H and O–H groups in total. The fraction of sp³-hybridized carbons (Fsp3) is 0.467. The highest BCUT2D eigenvalue weighted by molar-refractivity contribution is 14.0. The Balaban J connectivity index is 0.00000441. The maximum absolute atomic E-state index is 11.6. The number of benzene rings is 1. The van der Waals surface area contributed by atoms with Crippen molar-refractivity contribution < 1.29 is 9.53 Å². The molecule has 0 atom stereocenters. The monoisotopic (exact) mass is 439 g/mol. The number of hydrogen-bond donors (Lipinski definition) is 2. The van der Waals surface area contributed by atoms with E-state index in [1.807, 2.05) is 45.0 Å². The first-order valence-electron chi connectivity index (χ1n) is 6.71. The Morgan fingerprint density at radius 2 is 2.00 bits per heavy atom. The van der Waals surface area contributed by atoms with Gasteiger partial charge in [0.05, 0.1) is 0 Å². The van der Waals surface area contributed by atoms with Gasteiger partial charge >= 0.3 is 5.97 Å². The Hall–Kier alpha value is -1.02. The molecule has 0 aromatic heterocycles. The third-order valence-electron chi connectivity index (χ3n) is 2.39. The van der Waals surface area contributed by atoms with E-state index in [0.717, 1.165) is 5.56 Å². The van der Waals surface area contributed by atoms with Crippen LogP contribution in [0.3, 0.4) is 0 Å². The summed E-state index contributed by atoms with van der Waals surface area (Å²) in [6, 6.07) is 7.53. The van der Waals surface area contributed by atoms with Gasteiger partial charge in [0.2, 0.25) is 0 Å². The Labute approximate surface area is 153 Å². The maximum Gasteiger partial charge on any atom is 0.325 e. The summed E-state index contributed by atoms with van der Waals surface area (Å²) in [6.45, 7) is 6.12. The van der Waals surface area contributed by atoms with E-state index in [0.29, 0.717) is 17.5 Å². The highest BCUT2D eigenvalue weighted by Crippen LogP contribution is 2.10. The fourth-order valence-corrected chi connectivity index (χ4v) is 1.80. The molecule has 0 saturated heterocycles. The SMILES string of the molecule is CN=C(NCC(=O)OC(C)(C)C)NCc1cccc(Cl)c1.I. The zero-order chi connectivity index (χ0) is 15.9. The van der Waals surface area contributed by atoms with Crippen LogP contribution in [0.1, 0.15) is 26.3 Å². The van der Waals surface area contributed by atoms with Gasteiger partial charge < -0.3 is 15.4 Å². The van der Waals surface area contributed by atoms with Crippen LogP contribution in [0.4, 0.5) is 0 Å². The van der Waals surface area contributed by atoms with Crippen LogP contribution in [0.15, 0.2) is 29.3 Å². The smallest absolute Gasteiger partial charge is 0.325 e. The van der Waals surface area contributed by atoms with Gasteiger partial charge in [-0.15, -0.1) is 24.0 Å². The molecule has 7 heteroatoms. The van der Waals surface area contributed by atoms with Crippen LogP contribution in [0.5, 0.6) is 0 Å². The number of halogens is 2. The number of rotatable bonds is 4. The van der Waals surface area contributed by atoms with Gasteiger partial charge in [0, 0.05) is 18.6 Å². The number of nitrogens with one attached hydrogen (secondary N) is 2. The summed E-state index contributed by atoms with van der Waals surface area (Å²) in [5, 5.41) is 6.70. The van der Waals surface area contributed by atoms with Crippen LogP contribution < -0.4 is 10.6 Å². The van der Waals surface area contributed by atoms with E-state index in [9.17, 15) is 4.79 Å². The van der Waals surface area contributed by atoms with Gasteiger partial charge in [-0.25, -0.2) is 0 Å². The average Bonchev–Trinajstić information content (AvgIpc) is 2.37. The third-order valence-corrected chi connectivity index (χ3v) is 2.63. The van der Waals surface area contributed by atoms with Crippen molar-refractivity contribution in [1.82, 2.24) is 10.6 Å². The largest absolute Gasteiger partial charge is 0.459 e. The van der Waals surface area contributed by atoms with E-state index < -0.39 is 5.60 Å². The van der Waals surface area contributed by atoms with Crippen molar-refractivity contribution in [3.63, 3.8) is 0 Å². The lowest BCUT2D eigenvalue weighted by atomic mass is 10.2. The molecule has 0 aliphatic rings. The summed E-state index contributed by atoms with van der Waals surface area (Å²) in [4.78, 5) is 15.7. The minimum Gasteiger partial charge on any atom is -0.459 e. The second-order valence-corrected chi connectivity index (χ2v) is 5.93. The number of carbonyl (C=O) groups is 1. The molecule has 22 heavy (non-hydrogen) atoms. The molecule has 0 saturated carbocycles. The van der Waals surface area contributed by atoms with Crippen LogP contribution in [0.2, 0.25) is 5.02 Å². The zero-order valence-electron chi connectivity index (χ0n) is 13.3. The highest BCUT2D eigenvalue weighted by Gasteiger charge is 2.16. The van der Waals surface area contributed by atoms with Crippen molar-refractivity contribution in [2.75, 3.05) is 13.6 Å². The van der Waals surface area contributed by atoms with Gasteiger partial charge in [-0.05, 0) is 38.5 Å². The fourth-order valence-electron chi connectivity index (χ4n) is 1.59. The molecule has 1 aromatic carbocycles. The van der Waals surface area contributed by atoms with Crippen molar-refractivity contribution in [3.05, 3.63) is 34.9 Å². The molecular formula is C15H23ClIN3O2. The molecule has 1 rings (SSSR count). The van der Waals surface area contributed by atoms with E-state index in [1.165, 1.54) is 0 Å². The van der Waals surface area contributed by atoms with Crippen LogP contribution in [0, 0.1) is 0 Å². The summed E-state index contributed by atoms with van der Waals surface area (Å²) in [6.07, 6.45) is 0. The summed E-state index contributed by atoms with van der Waals surface area (Å²) in [5.74, 6) is 0.203. The number of esters is 1. The number of guanidine groups is 1. The van der Waals surface area contributed by atoms with Gasteiger partial charge in [-0.2, -0.15) is 0 Å². The Morgan fingerprint density at radius 3 is 2.55 bits per heavy atom. The van der Waals surface area contributed by atoms with Gasteiger partial charge in [0.15, 0.2) is 5.96 Å². The van der Waals surface area contributed by atoms with Gasteiger partial charge in [-0.1, -0.05) is 23.7 Å². The molecule has 0 heterocycles. The highest BCUT2D eigenvalue weighted by atomic mass is 127. The van der Waals surface area contributed by atoms with Crippen molar-refractivity contribution in [3.8, 4) is 0 Å². The summed E-state index contributed by atoms with van der Waals surface area (Å²) >= 11 is 5.92. The minimum absolute atomic E-state index is 0. The molecule has 0 amide bonds. The molecule has 0 fully saturated rings. The Kier molecular flexibility index (Phi) is 9.43. The van der Waals surface area contributed by atoms with Crippen molar-refractivity contribution in [2.45, 2.75) is 32.9 Å². The molecule has 0 aliphatic carbocycles. The number of carbonyl (C=O) groups excluding carboxylic acids is 1. The standard InChI is InChI=1S/C15H22ClN3O2.HI/c1-15(2,3)21-13(20)10-19-14(17-4)18-9-11-6-5-7-12(16)8-11;/h5-8H,9-10H2,1-4H3,(H2,17,18,19);1H. The lowest BCUT2D eigenvalue weighted by molar-refractivity contribution is -0.153. The van der Waals surface area contributed by atoms with Crippen LogP contribution in [0.25, 0.3) is 0 Å². The van der Waals surface area contributed by atoms with Gasteiger partial charge in [0.1, 0.15) is 12.1 Å². The Bertz CT molecular complexity index is 516. The molecule has 0 bridgehead atoms. The predicted molar refractivity (Wildman–Crippen MR) is 101 cm³/mol. The van der Waals surface area contributed by atoms with Crippen LogP contribution in [-0.2, 0) is 16.1 Å².